The quantitative estimate of drug-likeness (QED) is 0.901. The van der Waals surface area contributed by atoms with Crippen molar-refractivity contribution in [2.45, 2.75) is 39.8 Å². The average molecular weight is 357 g/mol. The highest BCUT2D eigenvalue weighted by atomic mass is 16.6. The Labute approximate surface area is 154 Å². The van der Waals surface area contributed by atoms with E-state index in [0.717, 1.165) is 11.3 Å². The molecule has 26 heavy (non-hydrogen) atoms. The summed E-state index contributed by atoms with van der Waals surface area (Å²) in [5.41, 5.74) is 2.67. The number of benzene rings is 1. The summed E-state index contributed by atoms with van der Waals surface area (Å²) in [6.07, 6.45) is -0.383. The fourth-order valence-corrected chi connectivity index (χ4v) is 2.46. The van der Waals surface area contributed by atoms with Gasteiger partial charge < -0.3 is 19.5 Å². The molecule has 1 N–H and O–H groups in total. The number of amides is 2. The second-order valence-electron chi connectivity index (χ2n) is 7.41. The van der Waals surface area contributed by atoms with Gasteiger partial charge in [-0.05, 0) is 57.5 Å². The van der Waals surface area contributed by atoms with E-state index in [1.807, 2.05) is 69.6 Å². The molecule has 0 bridgehead atoms. The van der Waals surface area contributed by atoms with Crippen LogP contribution in [0.4, 0.5) is 10.5 Å². The van der Waals surface area contributed by atoms with E-state index in [1.165, 1.54) is 4.90 Å². The van der Waals surface area contributed by atoms with Gasteiger partial charge in [0, 0.05) is 32.0 Å². The zero-order valence-electron chi connectivity index (χ0n) is 16.3. The lowest BCUT2D eigenvalue weighted by atomic mass is 10.2. The number of nitrogens with zero attached hydrogens (tertiary/aromatic N) is 2. The molecular weight excluding hydrogens is 330 g/mol. The van der Waals surface area contributed by atoms with E-state index in [4.69, 9.17) is 4.74 Å². The lowest BCUT2D eigenvalue weighted by Gasteiger charge is -2.24. The van der Waals surface area contributed by atoms with Crippen LogP contribution >= 0.6 is 0 Å². The second-order valence-corrected chi connectivity index (χ2v) is 7.41. The zero-order valence-corrected chi connectivity index (χ0v) is 16.3. The predicted molar refractivity (Wildman–Crippen MR) is 102 cm³/mol. The van der Waals surface area contributed by atoms with E-state index >= 15 is 0 Å². The molecular formula is C20H27N3O3. The summed E-state index contributed by atoms with van der Waals surface area (Å²) in [4.78, 5) is 26.0. The van der Waals surface area contributed by atoms with Crippen molar-refractivity contribution in [1.29, 1.82) is 0 Å². The van der Waals surface area contributed by atoms with Crippen LogP contribution in [-0.2, 0) is 18.3 Å². The number of hydrogen-bond acceptors (Lipinski definition) is 3. The van der Waals surface area contributed by atoms with Crippen LogP contribution in [0.1, 0.15) is 42.5 Å². The zero-order chi connectivity index (χ0) is 19.5. The Hall–Kier alpha value is -2.76. The van der Waals surface area contributed by atoms with Gasteiger partial charge in [-0.1, -0.05) is 12.1 Å². The number of aromatic nitrogens is 1. The van der Waals surface area contributed by atoms with Crippen molar-refractivity contribution >= 4 is 17.7 Å². The van der Waals surface area contributed by atoms with Crippen molar-refractivity contribution in [3.05, 3.63) is 53.3 Å². The standard InChI is InChI=1S/C20H27N3O3/c1-14-10-11-17(23(14)6)18(24)21-16-9-7-8-15(12-16)13-22(5)19(25)26-20(2,3)4/h7-12H,13H2,1-6H3,(H,21,24). The minimum Gasteiger partial charge on any atom is -0.444 e. The minimum atomic E-state index is -0.533. The van der Waals surface area contributed by atoms with Gasteiger partial charge in [-0.15, -0.1) is 0 Å². The number of ether oxygens (including phenoxy) is 1. The maximum absolute atomic E-state index is 12.4. The number of carbonyl (C=O) groups excluding carboxylic acids is 2. The van der Waals surface area contributed by atoms with Gasteiger partial charge in [0.1, 0.15) is 11.3 Å². The van der Waals surface area contributed by atoms with Crippen LogP contribution in [0.5, 0.6) is 0 Å². The molecule has 2 amide bonds. The smallest absolute Gasteiger partial charge is 0.410 e. The summed E-state index contributed by atoms with van der Waals surface area (Å²) in [5, 5.41) is 2.90. The Morgan fingerprint density at radius 1 is 1.19 bits per heavy atom. The van der Waals surface area contributed by atoms with Crippen molar-refractivity contribution in [1.82, 2.24) is 9.47 Å². The first-order valence-electron chi connectivity index (χ1n) is 8.53. The van der Waals surface area contributed by atoms with Crippen molar-refractivity contribution < 1.29 is 14.3 Å². The molecule has 6 heteroatoms. The lowest BCUT2D eigenvalue weighted by molar-refractivity contribution is 0.0285. The molecule has 2 rings (SSSR count). The largest absolute Gasteiger partial charge is 0.444 e. The highest BCUT2D eigenvalue weighted by Crippen LogP contribution is 2.16. The highest BCUT2D eigenvalue weighted by molar-refractivity contribution is 6.03. The van der Waals surface area contributed by atoms with Gasteiger partial charge in [-0.25, -0.2) is 4.79 Å². The van der Waals surface area contributed by atoms with Crippen LogP contribution in [0.2, 0.25) is 0 Å². The third-order valence-corrected chi connectivity index (χ3v) is 3.92. The number of anilines is 1. The normalized spacial score (nSPS) is 11.2. The Bertz CT molecular complexity index is 803. The van der Waals surface area contributed by atoms with Crippen molar-refractivity contribution in [2.24, 2.45) is 7.05 Å². The molecule has 0 radical (unpaired) electrons. The first-order valence-corrected chi connectivity index (χ1v) is 8.53. The molecule has 0 unspecified atom stereocenters. The van der Waals surface area contributed by atoms with Gasteiger partial charge in [-0.2, -0.15) is 0 Å². The summed E-state index contributed by atoms with van der Waals surface area (Å²) in [7, 11) is 3.54. The fraction of sp³-hybridized carbons (Fsp3) is 0.400. The van der Waals surface area contributed by atoms with Crippen LogP contribution in [-0.4, -0.2) is 34.1 Å². The van der Waals surface area contributed by atoms with Crippen LogP contribution in [0, 0.1) is 6.92 Å². The molecule has 0 saturated heterocycles. The number of aryl methyl sites for hydroxylation is 1. The number of rotatable bonds is 4. The minimum absolute atomic E-state index is 0.168. The predicted octanol–water partition coefficient (Wildman–Crippen LogP) is 3.95. The molecule has 140 valence electrons. The first-order chi connectivity index (χ1) is 12.1. The number of hydrogen-bond donors (Lipinski definition) is 1. The molecule has 1 heterocycles. The van der Waals surface area contributed by atoms with Crippen LogP contribution in [0.15, 0.2) is 36.4 Å². The number of nitrogens with one attached hydrogen (secondary N) is 1. The average Bonchev–Trinajstić information content (AvgIpc) is 2.85. The SMILES string of the molecule is Cc1ccc(C(=O)Nc2cccc(CN(C)C(=O)OC(C)(C)C)c2)n1C. The summed E-state index contributed by atoms with van der Waals surface area (Å²) in [5.74, 6) is -0.168. The van der Waals surface area contributed by atoms with Gasteiger partial charge in [0.05, 0.1) is 0 Å². The molecule has 1 aromatic carbocycles. The van der Waals surface area contributed by atoms with E-state index in [2.05, 4.69) is 5.32 Å². The van der Waals surface area contributed by atoms with Crippen LogP contribution in [0.25, 0.3) is 0 Å². The van der Waals surface area contributed by atoms with E-state index < -0.39 is 5.60 Å². The second kappa shape index (κ2) is 7.64. The molecule has 2 aromatic rings. The van der Waals surface area contributed by atoms with Crippen molar-refractivity contribution in [2.75, 3.05) is 12.4 Å². The highest BCUT2D eigenvalue weighted by Gasteiger charge is 2.19. The van der Waals surface area contributed by atoms with Crippen LogP contribution in [0.3, 0.4) is 0 Å². The summed E-state index contributed by atoms with van der Waals surface area (Å²) in [6, 6.07) is 11.1. The maximum atomic E-state index is 12.4. The van der Waals surface area contributed by atoms with E-state index in [1.54, 1.807) is 13.1 Å². The van der Waals surface area contributed by atoms with E-state index in [0.29, 0.717) is 17.9 Å². The van der Waals surface area contributed by atoms with E-state index in [-0.39, 0.29) is 12.0 Å². The molecule has 1 aromatic heterocycles. The fourth-order valence-electron chi connectivity index (χ4n) is 2.46. The van der Waals surface area contributed by atoms with Crippen molar-refractivity contribution in [3.63, 3.8) is 0 Å². The van der Waals surface area contributed by atoms with Gasteiger partial charge in [0.25, 0.3) is 5.91 Å². The Morgan fingerprint density at radius 3 is 2.46 bits per heavy atom. The Kier molecular flexibility index (Phi) is 5.75. The Morgan fingerprint density at radius 2 is 1.88 bits per heavy atom. The summed E-state index contributed by atoms with van der Waals surface area (Å²) in [6.45, 7) is 7.84. The molecule has 0 aliphatic rings. The molecule has 0 atom stereocenters. The van der Waals surface area contributed by atoms with Gasteiger partial charge in [0.15, 0.2) is 0 Å². The van der Waals surface area contributed by atoms with Gasteiger partial charge >= 0.3 is 6.09 Å². The number of carbonyl (C=O) groups is 2. The molecule has 0 spiro atoms. The van der Waals surface area contributed by atoms with Gasteiger partial charge in [0.2, 0.25) is 0 Å². The maximum Gasteiger partial charge on any atom is 0.410 e. The van der Waals surface area contributed by atoms with Crippen molar-refractivity contribution in [3.8, 4) is 0 Å². The lowest BCUT2D eigenvalue weighted by Crippen LogP contribution is -2.33. The monoisotopic (exact) mass is 357 g/mol. The molecule has 0 saturated carbocycles. The van der Waals surface area contributed by atoms with E-state index in [9.17, 15) is 9.59 Å². The summed E-state index contributed by atoms with van der Waals surface area (Å²) < 4.78 is 7.20. The topological polar surface area (TPSA) is 63.6 Å². The first kappa shape index (κ1) is 19.6. The third kappa shape index (κ3) is 5.12. The molecule has 0 aliphatic carbocycles. The van der Waals surface area contributed by atoms with Gasteiger partial charge in [-0.3, -0.25) is 4.79 Å². The summed E-state index contributed by atoms with van der Waals surface area (Å²) >= 11 is 0. The molecule has 0 fully saturated rings. The molecule has 0 aliphatic heterocycles. The Balaban J connectivity index is 2.04. The third-order valence-electron chi connectivity index (χ3n) is 3.92. The van der Waals surface area contributed by atoms with Crippen LogP contribution < -0.4 is 5.32 Å². The molecule has 6 nitrogen and oxygen atoms in total.